The number of nitrogen functional groups attached to an aromatic ring is 1. The lowest BCUT2D eigenvalue weighted by molar-refractivity contribution is 0.0698. The predicted octanol–water partition coefficient (Wildman–Crippen LogP) is 1.67. The molecule has 1 aliphatic heterocycles. The number of hydrogen-bond donors (Lipinski definition) is 3. The summed E-state index contributed by atoms with van der Waals surface area (Å²) in [5.74, 6) is 0.644. The minimum Gasteiger partial charge on any atom is -0.478 e. The Morgan fingerprint density at radius 3 is 3.18 bits per heavy atom. The molecule has 0 amide bonds. The van der Waals surface area contributed by atoms with Crippen molar-refractivity contribution in [1.29, 1.82) is 0 Å². The maximum Gasteiger partial charge on any atom is 0.337 e. The molecule has 0 spiro atoms. The van der Waals surface area contributed by atoms with E-state index >= 15 is 0 Å². The molecule has 0 bridgehead atoms. The van der Waals surface area contributed by atoms with Gasteiger partial charge in [0.25, 0.3) is 0 Å². The summed E-state index contributed by atoms with van der Waals surface area (Å²) in [7, 11) is 0. The van der Waals surface area contributed by atoms with Gasteiger partial charge in [0.2, 0.25) is 0 Å². The van der Waals surface area contributed by atoms with Crippen molar-refractivity contribution in [1.82, 2.24) is 4.98 Å². The summed E-state index contributed by atoms with van der Waals surface area (Å²) in [6.45, 7) is 0.783. The number of rotatable bonds is 4. The fourth-order valence-electron chi connectivity index (χ4n) is 1.82. The molecule has 1 aliphatic rings. The highest BCUT2D eigenvalue weighted by molar-refractivity contribution is 8.00. The van der Waals surface area contributed by atoms with Gasteiger partial charge in [-0.3, -0.25) is 0 Å². The van der Waals surface area contributed by atoms with Gasteiger partial charge in [-0.15, -0.1) is 0 Å². The van der Waals surface area contributed by atoms with Crippen molar-refractivity contribution < 1.29 is 9.90 Å². The van der Waals surface area contributed by atoms with Crippen LogP contribution in [-0.4, -0.2) is 33.6 Å². The van der Waals surface area contributed by atoms with E-state index in [1.165, 1.54) is 30.9 Å². The first-order chi connectivity index (χ1) is 8.18. The molecule has 0 radical (unpaired) electrons. The number of nitrogens with two attached hydrogens (primary N) is 1. The highest BCUT2D eigenvalue weighted by atomic mass is 32.2. The Bertz CT molecular complexity index is 419. The number of carbonyl (C=O) groups is 1. The number of anilines is 2. The number of carboxylic acids is 1. The number of nitrogens with zero attached hydrogens (tertiary/aromatic N) is 1. The molecule has 92 valence electrons. The average molecular weight is 253 g/mol. The molecule has 0 aliphatic carbocycles. The summed E-state index contributed by atoms with van der Waals surface area (Å²) in [5, 5.41) is 12.6. The van der Waals surface area contributed by atoms with Crippen LogP contribution in [0.3, 0.4) is 0 Å². The van der Waals surface area contributed by atoms with Gasteiger partial charge in [-0.05, 0) is 24.7 Å². The number of pyridine rings is 1. The lowest BCUT2D eigenvalue weighted by Crippen LogP contribution is -2.16. The van der Waals surface area contributed by atoms with Gasteiger partial charge < -0.3 is 16.2 Å². The Morgan fingerprint density at radius 2 is 2.53 bits per heavy atom. The van der Waals surface area contributed by atoms with Crippen LogP contribution in [0.2, 0.25) is 0 Å². The molecule has 2 heterocycles. The first-order valence-electron chi connectivity index (χ1n) is 5.51. The van der Waals surface area contributed by atoms with Crippen molar-refractivity contribution in [3.8, 4) is 0 Å². The minimum atomic E-state index is -1.02. The van der Waals surface area contributed by atoms with Crippen molar-refractivity contribution in [3.05, 3.63) is 17.8 Å². The van der Waals surface area contributed by atoms with Crippen molar-refractivity contribution in [2.75, 3.05) is 23.3 Å². The molecule has 6 heteroatoms. The van der Waals surface area contributed by atoms with Gasteiger partial charge in [0.1, 0.15) is 5.82 Å². The Labute approximate surface area is 104 Å². The van der Waals surface area contributed by atoms with Crippen LogP contribution in [0.1, 0.15) is 23.2 Å². The summed E-state index contributed by atoms with van der Waals surface area (Å²) in [5.41, 5.74) is 6.07. The van der Waals surface area contributed by atoms with Crippen molar-refractivity contribution in [2.45, 2.75) is 18.1 Å². The summed E-state index contributed by atoms with van der Waals surface area (Å²) in [6.07, 6.45) is 3.90. The summed E-state index contributed by atoms with van der Waals surface area (Å²) in [6, 6.07) is 1.41. The van der Waals surface area contributed by atoms with Gasteiger partial charge >= 0.3 is 5.97 Å². The molecule has 1 atom stereocenters. The molecule has 17 heavy (non-hydrogen) atoms. The fraction of sp³-hybridized carbons (Fsp3) is 0.455. The van der Waals surface area contributed by atoms with E-state index in [4.69, 9.17) is 10.8 Å². The van der Waals surface area contributed by atoms with Gasteiger partial charge in [-0.2, -0.15) is 11.8 Å². The van der Waals surface area contributed by atoms with Crippen LogP contribution >= 0.6 is 11.8 Å². The largest absolute Gasteiger partial charge is 0.478 e. The Hall–Kier alpha value is -1.43. The number of hydrogen-bond acceptors (Lipinski definition) is 5. The molecule has 1 aromatic rings. The second-order valence-electron chi connectivity index (χ2n) is 3.94. The lowest BCUT2D eigenvalue weighted by atomic mass is 10.2. The molecule has 0 saturated carbocycles. The third-order valence-corrected chi connectivity index (χ3v) is 4.14. The van der Waals surface area contributed by atoms with E-state index in [1.54, 1.807) is 0 Å². The predicted molar refractivity (Wildman–Crippen MR) is 69.6 cm³/mol. The molecule has 0 aromatic carbocycles. The number of aromatic carboxylic acids is 1. The third-order valence-electron chi connectivity index (χ3n) is 2.74. The molecule has 1 fully saturated rings. The van der Waals surface area contributed by atoms with Gasteiger partial charge in [-0.1, -0.05) is 0 Å². The third kappa shape index (κ3) is 2.82. The van der Waals surface area contributed by atoms with E-state index in [-0.39, 0.29) is 11.3 Å². The van der Waals surface area contributed by atoms with Crippen LogP contribution < -0.4 is 11.1 Å². The zero-order valence-electron chi connectivity index (χ0n) is 9.35. The number of thioether (sulfide) groups is 1. The lowest BCUT2D eigenvalue weighted by Gasteiger charge is -2.13. The standard InChI is InChI=1S/C11H15N3O2S/c12-9-8(11(15)16)3-4-13-10(9)14-6-7-2-1-5-17-7/h3-4,7H,1-2,5-6,12H2,(H,13,14)(H,15,16). The maximum absolute atomic E-state index is 10.9. The van der Waals surface area contributed by atoms with Crippen LogP contribution in [0.4, 0.5) is 11.5 Å². The summed E-state index contributed by atoms with van der Waals surface area (Å²) < 4.78 is 0. The van der Waals surface area contributed by atoms with Crippen LogP contribution in [-0.2, 0) is 0 Å². The number of carboxylic acid groups (broad SMARTS) is 1. The van der Waals surface area contributed by atoms with E-state index in [1.807, 2.05) is 11.8 Å². The van der Waals surface area contributed by atoms with E-state index < -0.39 is 5.97 Å². The molecule has 1 aromatic heterocycles. The van der Waals surface area contributed by atoms with Gasteiger partial charge in [0.05, 0.1) is 11.3 Å². The second-order valence-corrected chi connectivity index (χ2v) is 5.35. The van der Waals surface area contributed by atoms with Crippen LogP contribution in [0, 0.1) is 0 Å². The summed E-state index contributed by atoms with van der Waals surface area (Å²) in [4.78, 5) is 15.0. The van der Waals surface area contributed by atoms with E-state index in [9.17, 15) is 4.79 Å². The minimum absolute atomic E-state index is 0.0987. The molecule has 4 N–H and O–H groups in total. The SMILES string of the molecule is Nc1c(C(=O)O)ccnc1NCC1CCCS1. The van der Waals surface area contributed by atoms with Crippen molar-refractivity contribution in [2.24, 2.45) is 0 Å². The monoisotopic (exact) mass is 253 g/mol. The van der Waals surface area contributed by atoms with Gasteiger partial charge in [0, 0.05) is 18.0 Å². The first kappa shape index (κ1) is 12.0. The normalized spacial score (nSPS) is 19.2. The van der Waals surface area contributed by atoms with E-state index in [0.29, 0.717) is 11.1 Å². The fourth-order valence-corrected chi connectivity index (χ4v) is 3.02. The van der Waals surface area contributed by atoms with Gasteiger partial charge in [0.15, 0.2) is 0 Å². The number of aromatic nitrogens is 1. The first-order valence-corrected chi connectivity index (χ1v) is 6.56. The Morgan fingerprint density at radius 1 is 1.71 bits per heavy atom. The number of nitrogens with one attached hydrogen (secondary N) is 1. The van der Waals surface area contributed by atoms with Crippen LogP contribution in [0.5, 0.6) is 0 Å². The average Bonchev–Trinajstić information content (AvgIpc) is 2.80. The molecule has 5 nitrogen and oxygen atoms in total. The molecule has 1 unspecified atom stereocenters. The highest BCUT2D eigenvalue weighted by Crippen LogP contribution is 2.27. The second kappa shape index (κ2) is 5.27. The quantitative estimate of drug-likeness (QED) is 0.756. The molecule has 2 rings (SSSR count). The zero-order valence-corrected chi connectivity index (χ0v) is 10.2. The van der Waals surface area contributed by atoms with E-state index in [2.05, 4.69) is 10.3 Å². The van der Waals surface area contributed by atoms with Gasteiger partial charge in [-0.25, -0.2) is 9.78 Å². The van der Waals surface area contributed by atoms with Crippen LogP contribution in [0.15, 0.2) is 12.3 Å². The zero-order chi connectivity index (χ0) is 12.3. The molecular formula is C11H15N3O2S. The van der Waals surface area contributed by atoms with E-state index in [0.717, 1.165) is 6.54 Å². The topological polar surface area (TPSA) is 88.2 Å². The maximum atomic E-state index is 10.9. The molecule has 1 saturated heterocycles. The smallest absolute Gasteiger partial charge is 0.337 e. The van der Waals surface area contributed by atoms with Crippen molar-refractivity contribution in [3.63, 3.8) is 0 Å². The summed E-state index contributed by atoms with van der Waals surface area (Å²) >= 11 is 1.93. The van der Waals surface area contributed by atoms with Crippen LogP contribution in [0.25, 0.3) is 0 Å². The molecular weight excluding hydrogens is 238 g/mol. The Kier molecular flexibility index (Phi) is 3.73. The van der Waals surface area contributed by atoms with Crippen molar-refractivity contribution >= 4 is 29.2 Å². The highest BCUT2D eigenvalue weighted by Gasteiger charge is 2.17. The Balaban J connectivity index is 2.04.